The van der Waals surface area contributed by atoms with Gasteiger partial charge in [0.25, 0.3) is 0 Å². The molecular weight excluding hydrogens is 120 g/mol. The number of hydrogen-bond donors (Lipinski definition) is 1. The van der Waals surface area contributed by atoms with Crippen LogP contribution in [-0.2, 0) is 4.74 Å². The highest BCUT2D eigenvalue weighted by Gasteiger charge is 2.04. The van der Waals surface area contributed by atoms with E-state index in [1.807, 2.05) is 0 Å². The minimum absolute atomic E-state index is 0.0625. The number of carbonyl (C=O) groups excluding carboxylic acids is 1. The molecule has 0 aliphatic rings. The number of aromatic nitrogens is 2. The van der Waals surface area contributed by atoms with Gasteiger partial charge in [0, 0.05) is 12.4 Å². The summed E-state index contributed by atoms with van der Waals surface area (Å²) in [5.41, 5.74) is 0. The van der Waals surface area contributed by atoms with E-state index in [1.165, 1.54) is 13.3 Å². The predicted octanol–water partition coefficient (Wildman–Crippen LogP) is 0.196. The fraction of sp³-hybridized carbons (Fsp3) is 0.200. The molecule has 0 fully saturated rings. The summed E-state index contributed by atoms with van der Waals surface area (Å²) in [7, 11) is 1.26. The van der Waals surface area contributed by atoms with Gasteiger partial charge in [-0.1, -0.05) is 0 Å². The maximum absolute atomic E-state index is 10.6. The molecule has 0 aromatic carbocycles. The second-order valence-corrected chi connectivity index (χ2v) is 1.37. The van der Waals surface area contributed by atoms with E-state index in [9.17, 15) is 4.79 Å². The Labute approximate surface area is 53.3 Å². The van der Waals surface area contributed by atoms with Crippen molar-refractivity contribution in [2.75, 3.05) is 7.11 Å². The van der Waals surface area contributed by atoms with Gasteiger partial charge in [0.1, 0.15) is 0 Å². The highest BCUT2D eigenvalue weighted by Crippen LogP contribution is 1.89. The summed E-state index contributed by atoms with van der Waals surface area (Å²) in [6.07, 6.45) is 1.34. The Morgan fingerprint density at radius 3 is 3.33 bits per heavy atom. The number of nitrogens with one attached hydrogen (secondary N) is 1. The summed E-state index contributed by atoms with van der Waals surface area (Å²) in [4.78, 5) is 16.6. The van der Waals surface area contributed by atoms with Gasteiger partial charge in [0.2, 0.25) is 5.82 Å². The first kappa shape index (κ1) is 4.55. The van der Waals surface area contributed by atoms with Crippen LogP contribution in [0.2, 0.25) is 0 Å². The van der Waals surface area contributed by atoms with Crippen molar-refractivity contribution >= 4 is 5.97 Å². The Balaban J connectivity index is 2.85. The number of methoxy groups -OCH3 is 1. The Kier molecular flexibility index (Phi) is 1.16. The van der Waals surface area contributed by atoms with E-state index in [2.05, 4.69) is 14.7 Å². The maximum atomic E-state index is 10.6. The van der Waals surface area contributed by atoms with E-state index >= 15 is 0 Å². The molecule has 0 bridgehead atoms. The van der Waals surface area contributed by atoms with E-state index < -0.39 is 5.97 Å². The quantitative estimate of drug-likeness (QED) is 0.548. The molecule has 4 heteroatoms. The van der Waals surface area contributed by atoms with Crippen LogP contribution in [0.1, 0.15) is 12.0 Å². The van der Waals surface area contributed by atoms with Gasteiger partial charge < -0.3 is 9.72 Å². The number of rotatable bonds is 1. The van der Waals surface area contributed by atoms with E-state index in [1.54, 1.807) is 0 Å². The molecule has 0 unspecified atom stereocenters. The van der Waals surface area contributed by atoms with Crippen molar-refractivity contribution < 1.29 is 10.9 Å². The van der Waals surface area contributed by atoms with Crippen LogP contribution in [0.4, 0.5) is 0 Å². The third-order valence-electron chi connectivity index (χ3n) is 0.828. The third kappa shape index (κ3) is 1.07. The molecule has 0 spiro atoms. The topological polar surface area (TPSA) is 55.0 Å². The van der Waals surface area contributed by atoms with Crippen LogP contribution in [0.3, 0.4) is 0 Å². The molecule has 48 valence electrons. The molecule has 1 rings (SSSR count). The van der Waals surface area contributed by atoms with Gasteiger partial charge in [0.05, 0.1) is 8.48 Å². The fourth-order valence-corrected chi connectivity index (χ4v) is 0.430. The average Bonchev–Trinajstić information content (AvgIpc) is 2.34. The first-order valence-corrected chi connectivity index (χ1v) is 2.34. The van der Waals surface area contributed by atoms with Gasteiger partial charge >= 0.3 is 5.97 Å². The second kappa shape index (κ2) is 2.30. The van der Waals surface area contributed by atoms with Crippen molar-refractivity contribution in [3.05, 3.63) is 18.2 Å². The molecular formula is C5H6N2O2. The van der Waals surface area contributed by atoms with Gasteiger partial charge in [-0.25, -0.2) is 9.78 Å². The fourth-order valence-electron chi connectivity index (χ4n) is 0.430. The molecule has 0 radical (unpaired) electrons. The summed E-state index contributed by atoms with van der Waals surface area (Å²) < 4.78 is 11.3. The molecule has 0 aliphatic heterocycles. The second-order valence-electron chi connectivity index (χ2n) is 1.37. The van der Waals surface area contributed by atoms with Crippen molar-refractivity contribution in [2.45, 2.75) is 0 Å². The molecule has 4 nitrogen and oxygen atoms in total. The highest BCUT2D eigenvalue weighted by molar-refractivity contribution is 5.84. The van der Waals surface area contributed by atoms with Gasteiger partial charge in [-0.15, -0.1) is 0 Å². The number of imidazole rings is 1. The molecule has 0 saturated carbocycles. The molecule has 0 saturated heterocycles. The smallest absolute Gasteiger partial charge is 0.374 e. The van der Waals surface area contributed by atoms with Crippen molar-refractivity contribution in [2.24, 2.45) is 0 Å². The van der Waals surface area contributed by atoms with Crippen LogP contribution in [0.5, 0.6) is 0 Å². The van der Waals surface area contributed by atoms with E-state index in [-0.39, 0.29) is 12.0 Å². The van der Waals surface area contributed by atoms with Crippen LogP contribution >= 0.6 is 0 Å². The zero-order valence-corrected chi connectivity index (χ0v) is 4.84. The number of carbonyl (C=O) groups is 1. The largest absolute Gasteiger partial charge is 0.463 e. The van der Waals surface area contributed by atoms with Crippen LogP contribution in [0, 0.1) is 0 Å². The summed E-state index contributed by atoms with van der Waals surface area (Å²) >= 11 is 0. The first-order valence-electron chi connectivity index (χ1n) is 2.84. The van der Waals surface area contributed by atoms with E-state index in [0.29, 0.717) is 0 Å². The Morgan fingerprint density at radius 2 is 2.89 bits per heavy atom. The number of H-pyrrole nitrogens is 1. The van der Waals surface area contributed by atoms with E-state index in [4.69, 9.17) is 1.37 Å². The van der Waals surface area contributed by atoms with Gasteiger partial charge in [0.15, 0.2) is 0 Å². The van der Waals surface area contributed by atoms with Crippen molar-refractivity contribution in [1.82, 2.24) is 9.97 Å². The number of nitrogens with zero attached hydrogens (tertiary/aromatic N) is 1. The van der Waals surface area contributed by atoms with Crippen LogP contribution in [0.15, 0.2) is 12.4 Å². The Hall–Kier alpha value is -1.32. The molecule has 9 heavy (non-hydrogen) atoms. The van der Waals surface area contributed by atoms with Gasteiger partial charge in [-0.2, -0.15) is 0 Å². The standard InChI is InChI=1S/C5H6N2O2/c1-9-5(8)4-6-2-3-7-4/h2-3H,1H3,(H,6,7)/i2D. The maximum Gasteiger partial charge on any atom is 0.374 e. The molecule has 1 aromatic heterocycles. The van der Waals surface area contributed by atoms with Gasteiger partial charge in [-0.05, 0) is 0 Å². The SMILES string of the molecule is [2H]c1cnc(C(=O)OC)[nH]1. The van der Waals surface area contributed by atoms with Crippen molar-refractivity contribution in [1.29, 1.82) is 0 Å². The number of aromatic amines is 1. The van der Waals surface area contributed by atoms with Crippen molar-refractivity contribution in [3.63, 3.8) is 0 Å². The lowest BCUT2D eigenvalue weighted by atomic mass is 10.6. The number of ether oxygens (including phenoxy) is 1. The lowest BCUT2D eigenvalue weighted by Crippen LogP contribution is -2.02. The van der Waals surface area contributed by atoms with Crippen LogP contribution in [-0.4, -0.2) is 23.0 Å². The average molecular weight is 127 g/mol. The molecule has 1 N–H and O–H groups in total. The summed E-state index contributed by atoms with van der Waals surface area (Å²) in [6.45, 7) is 0. The zero-order chi connectivity index (χ0) is 7.56. The molecule has 0 atom stereocenters. The number of hydrogen-bond acceptors (Lipinski definition) is 3. The molecule has 0 amide bonds. The first-order chi connectivity index (χ1) is 4.74. The zero-order valence-electron chi connectivity index (χ0n) is 5.84. The lowest BCUT2D eigenvalue weighted by molar-refractivity contribution is 0.0588. The Morgan fingerprint density at radius 1 is 2.11 bits per heavy atom. The normalized spacial score (nSPS) is 10.6. The molecule has 1 heterocycles. The van der Waals surface area contributed by atoms with Crippen LogP contribution in [0.25, 0.3) is 0 Å². The molecule has 0 aliphatic carbocycles. The van der Waals surface area contributed by atoms with E-state index in [0.717, 1.165) is 0 Å². The summed E-state index contributed by atoms with van der Waals surface area (Å²) in [6, 6.07) is 0. The minimum Gasteiger partial charge on any atom is -0.463 e. The molecule has 1 aromatic rings. The minimum atomic E-state index is -0.557. The predicted molar refractivity (Wildman–Crippen MR) is 29.9 cm³/mol. The third-order valence-corrected chi connectivity index (χ3v) is 0.828. The Bertz CT molecular complexity index is 246. The summed E-state index contributed by atoms with van der Waals surface area (Å²) in [5.74, 6) is -0.494. The van der Waals surface area contributed by atoms with Crippen LogP contribution < -0.4 is 0 Å². The van der Waals surface area contributed by atoms with Crippen molar-refractivity contribution in [3.8, 4) is 0 Å². The number of esters is 1. The van der Waals surface area contributed by atoms with Gasteiger partial charge in [-0.3, -0.25) is 0 Å². The highest BCUT2D eigenvalue weighted by atomic mass is 16.5. The monoisotopic (exact) mass is 127 g/mol. The lowest BCUT2D eigenvalue weighted by Gasteiger charge is -1.89. The summed E-state index contributed by atoms with van der Waals surface area (Å²) in [5, 5.41) is 0.